The topological polar surface area (TPSA) is 94.2 Å². The average molecular weight is 659 g/mol. The minimum absolute atomic E-state index is 0. The number of nitrogens with zero attached hydrogens (tertiary/aromatic N) is 1. The summed E-state index contributed by atoms with van der Waals surface area (Å²) in [5.41, 5.74) is 3.42. The van der Waals surface area contributed by atoms with E-state index in [1.54, 1.807) is 20.1 Å². The molecule has 10 heteroatoms. The molecule has 1 N–H and O–H groups in total. The minimum atomic E-state index is -3.91. The highest BCUT2D eigenvalue weighted by Crippen LogP contribution is 2.47. The van der Waals surface area contributed by atoms with Crippen molar-refractivity contribution in [1.82, 2.24) is 4.72 Å². The molecular formula is C35H47ClN2O6S. The SMILES string of the molecule is COCCO[C@H]1/C=C/C[C@H](C)[C@@H](C)S(=O)(=O)NC(=O)c2ccc3c(c2)N(C[C@@H]2CC[C@H]21)C[C@@]1(CCCc2cc(Cl)ccc21)CO3.[HH]. The lowest BCUT2D eigenvalue weighted by Gasteiger charge is -2.46. The van der Waals surface area contributed by atoms with Gasteiger partial charge in [0, 0.05) is 37.6 Å². The standard InChI is InChI=1S/C35H45ClN2O6S.H2/c1-23-6-4-8-32(43-17-16-42-3)29-12-9-27(29)20-38-21-35(15-5-7-25-18-28(36)11-13-30(25)35)22-44-33-14-10-26(19-31(33)38)34(39)37-45(40,41)24(23)2;/h4,8,10-11,13-14,18-19,23-24,27,29,32H,5-7,9,12,15-17,20-22H2,1-3H3,(H,37,39);1H/b8-4+;/t23-,24+,27-,29+,32-,35-;/m0./s1. The van der Waals surface area contributed by atoms with Gasteiger partial charge in [0.2, 0.25) is 10.0 Å². The first kappa shape index (κ1) is 32.4. The van der Waals surface area contributed by atoms with Gasteiger partial charge in [-0.25, -0.2) is 13.1 Å². The van der Waals surface area contributed by atoms with Crippen LogP contribution in [0.3, 0.4) is 0 Å². The third kappa shape index (κ3) is 6.64. The lowest BCUT2D eigenvalue weighted by molar-refractivity contribution is -0.0309. The largest absolute Gasteiger partial charge is 0.490 e. The number of sulfonamides is 1. The second kappa shape index (κ2) is 13.3. The van der Waals surface area contributed by atoms with Gasteiger partial charge in [0.05, 0.1) is 36.9 Å². The molecule has 1 saturated carbocycles. The molecule has 2 aromatic rings. The van der Waals surface area contributed by atoms with Crippen molar-refractivity contribution >= 4 is 33.2 Å². The van der Waals surface area contributed by atoms with Crippen LogP contribution in [0.25, 0.3) is 0 Å². The number of allylic oxidation sites excluding steroid dienone is 1. The van der Waals surface area contributed by atoms with Gasteiger partial charge >= 0.3 is 0 Å². The maximum absolute atomic E-state index is 13.4. The Labute approximate surface area is 274 Å². The third-order valence-electron chi connectivity index (χ3n) is 10.6. The van der Waals surface area contributed by atoms with Gasteiger partial charge in [0.1, 0.15) is 5.75 Å². The van der Waals surface area contributed by atoms with E-state index in [1.165, 1.54) is 11.1 Å². The quantitative estimate of drug-likeness (QED) is 0.311. The molecule has 2 aliphatic carbocycles. The van der Waals surface area contributed by atoms with E-state index in [9.17, 15) is 13.2 Å². The van der Waals surface area contributed by atoms with Gasteiger partial charge in [-0.2, -0.15) is 0 Å². The summed E-state index contributed by atoms with van der Waals surface area (Å²) in [5, 5.41) is -0.0171. The Morgan fingerprint density at radius 2 is 2.00 bits per heavy atom. The van der Waals surface area contributed by atoms with Gasteiger partial charge in [-0.1, -0.05) is 36.7 Å². The summed E-state index contributed by atoms with van der Waals surface area (Å²) in [4.78, 5) is 15.8. The molecule has 1 fully saturated rings. The molecule has 2 aliphatic heterocycles. The highest BCUT2D eigenvalue weighted by Gasteiger charge is 2.44. The molecule has 2 heterocycles. The monoisotopic (exact) mass is 658 g/mol. The molecule has 1 spiro atoms. The molecule has 4 aliphatic rings. The number of aryl methyl sites for hydroxylation is 1. The Balaban J connectivity index is 0.00000417. The lowest BCUT2D eigenvalue weighted by Crippen LogP contribution is -2.49. The summed E-state index contributed by atoms with van der Waals surface area (Å²) in [6.07, 6.45) is 9.78. The van der Waals surface area contributed by atoms with Crippen molar-refractivity contribution in [2.24, 2.45) is 17.8 Å². The van der Waals surface area contributed by atoms with E-state index in [-0.39, 0.29) is 18.9 Å². The van der Waals surface area contributed by atoms with Crippen molar-refractivity contribution in [3.05, 3.63) is 70.3 Å². The molecule has 45 heavy (non-hydrogen) atoms. The zero-order valence-electron chi connectivity index (χ0n) is 26.5. The predicted molar refractivity (Wildman–Crippen MR) is 179 cm³/mol. The molecule has 2 aromatic carbocycles. The van der Waals surface area contributed by atoms with Crippen molar-refractivity contribution in [2.45, 2.75) is 69.1 Å². The summed E-state index contributed by atoms with van der Waals surface area (Å²) in [6.45, 7) is 6.58. The van der Waals surface area contributed by atoms with Crippen LogP contribution in [0.15, 0.2) is 48.6 Å². The number of rotatable bonds is 4. The van der Waals surface area contributed by atoms with Gasteiger partial charge in [0.25, 0.3) is 5.91 Å². The number of ether oxygens (including phenoxy) is 3. The summed E-state index contributed by atoms with van der Waals surface area (Å²) < 4.78 is 47.2. The zero-order chi connectivity index (χ0) is 31.8. The van der Waals surface area contributed by atoms with Gasteiger partial charge < -0.3 is 19.1 Å². The third-order valence-corrected chi connectivity index (χ3v) is 12.8. The molecular weight excluding hydrogens is 612 g/mol. The first-order valence-corrected chi connectivity index (χ1v) is 18.2. The smallest absolute Gasteiger partial charge is 0.264 e. The maximum atomic E-state index is 13.4. The number of methoxy groups -OCH3 is 1. The second-order valence-electron chi connectivity index (χ2n) is 13.4. The lowest BCUT2D eigenvalue weighted by atomic mass is 9.68. The summed E-state index contributed by atoms with van der Waals surface area (Å²) in [7, 11) is -2.24. The van der Waals surface area contributed by atoms with Crippen LogP contribution >= 0.6 is 11.6 Å². The normalized spacial score (nSPS) is 31.9. The fraction of sp³-hybridized carbons (Fsp3) is 0.571. The summed E-state index contributed by atoms with van der Waals surface area (Å²) in [5.74, 6) is 0.579. The Bertz CT molecular complexity index is 1550. The van der Waals surface area contributed by atoms with E-state index >= 15 is 0 Å². The van der Waals surface area contributed by atoms with E-state index in [0.29, 0.717) is 49.4 Å². The van der Waals surface area contributed by atoms with Crippen molar-refractivity contribution in [3.8, 4) is 5.75 Å². The van der Waals surface area contributed by atoms with E-state index in [4.69, 9.17) is 25.8 Å². The second-order valence-corrected chi connectivity index (χ2v) is 15.9. The number of nitrogens with one attached hydrogen (secondary N) is 1. The molecule has 0 aromatic heterocycles. The van der Waals surface area contributed by atoms with E-state index in [2.05, 4.69) is 33.9 Å². The minimum Gasteiger partial charge on any atom is -0.490 e. The molecule has 6 atom stereocenters. The molecule has 6 rings (SSSR count). The van der Waals surface area contributed by atoms with Crippen molar-refractivity contribution in [2.75, 3.05) is 44.9 Å². The van der Waals surface area contributed by atoms with E-state index in [1.807, 2.05) is 25.1 Å². The Morgan fingerprint density at radius 1 is 1.16 bits per heavy atom. The molecule has 246 valence electrons. The molecule has 8 nitrogen and oxygen atoms in total. The first-order valence-electron chi connectivity index (χ1n) is 16.2. The van der Waals surface area contributed by atoms with Crippen LogP contribution < -0.4 is 14.4 Å². The van der Waals surface area contributed by atoms with Crippen LogP contribution in [0.5, 0.6) is 5.75 Å². The molecule has 0 unspecified atom stereocenters. The number of hydrogen-bond acceptors (Lipinski definition) is 7. The number of amides is 1. The summed E-state index contributed by atoms with van der Waals surface area (Å²) >= 11 is 6.43. The van der Waals surface area contributed by atoms with Crippen LogP contribution in [0.2, 0.25) is 5.02 Å². The Hall–Kier alpha value is -2.59. The number of carbonyl (C=O) groups excluding carboxylic acids is 1. The van der Waals surface area contributed by atoms with E-state index in [0.717, 1.165) is 55.9 Å². The van der Waals surface area contributed by atoms with Gasteiger partial charge in [-0.15, -0.1) is 0 Å². The molecule has 0 saturated heterocycles. The maximum Gasteiger partial charge on any atom is 0.264 e. The van der Waals surface area contributed by atoms with Gasteiger partial charge in [0.15, 0.2) is 0 Å². The molecule has 2 bridgehead atoms. The fourth-order valence-corrected chi connectivity index (χ4v) is 9.07. The Morgan fingerprint density at radius 3 is 2.78 bits per heavy atom. The first-order chi connectivity index (χ1) is 21.6. The van der Waals surface area contributed by atoms with Crippen LogP contribution in [0.1, 0.15) is 68.9 Å². The van der Waals surface area contributed by atoms with Gasteiger partial charge in [-0.3, -0.25) is 4.79 Å². The number of halogens is 1. The fourth-order valence-electron chi connectivity index (χ4n) is 7.59. The number of hydrogen-bond donors (Lipinski definition) is 1. The van der Waals surface area contributed by atoms with E-state index < -0.39 is 21.2 Å². The summed E-state index contributed by atoms with van der Waals surface area (Å²) in [6, 6.07) is 11.5. The number of benzene rings is 2. The highest BCUT2D eigenvalue weighted by molar-refractivity contribution is 7.90. The van der Waals surface area contributed by atoms with Crippen molar-refractivity contribution in [1.29, 1.82) is 0 Å². The highest BCUT2D eigenvalue weighted by atomic mass is 35.5. The van der Waals surface area contributed by atoms with Crippen LogP contribution in [0, 0.1) is 17.8 Å². The van der Waals surface area contributed by atoms with Gasteiger partial charge in [-0.05, 0) is 105 Å². The van der Waals surface area contributed by atoms with Crippen LogP contribution in [-0.2, 0) is 31.3 Å². The Kier molecular flexibility index (Phi) is 9.53. The van der Waals surface area contributed by atoms with Crippen molar-refractivity contribution < 1.29 is 28.8 Å². The van der Waals surface area contributed by atoms with Crippen molar-refractivity contribution in [3.63, 3.8) is 0 Å². The zero-order valence-corrected chi connectivity index (χ0v) is 28.0. The average Bonchev–Trinajstić information content (AvgIpc) is 3.15. The number of anilines is 1. The number of fused-ring (bicyclic) bond motifs is 4. The number of carbonyl (C=O) groups is 1. The van der Waals surface area contributed by atoms with Crippen LogP contribution in [-0.4, -0.2) is 65.7 Å². The molecule has 1 amide bonds. The molecule has 0 radical (unpaired) electrons. The predicted octanol–water partition coefficient (Wildman–Crippen LogP) is 6.16. The van der Waals surface area contributed by atoms with Crippen LogP contribution in [0.4, 0.5) is 5.69 Å².